The minimum absolute atomic E-state index is 0. The summed E-state index contributed by atoms with van der Waals surface area (Å²) in [5.74, 6) is -0.838. The topological polar surface area (TPSA) is 71.1 Å². The summed E-state index contributed by atoms with van der Waals surface area (Å²) in [5.41, 5.74) is 0. The Labute approximate surface area is 159 Å². The van der Waals surface area contributed by atoms with E-state index in [2.05, 4.69) is 19.6 Å². The molecule has 0 atom stereocenters. The van der Waals surface area contributed by atoms with Crippen molar-refractivity contribution in [3.63, 3.8) is 0 Å². The Morgan fingerprint density at radius 1 is 0.739 bits per heavy atom. The molecule has 0 spiro atoms. The third kappa shape index (κ3) is 21.7. The molecule has 0 heterocycles. The SMILES string of the molecule is CCCCOOC(=O)C(C)C.CCCCOOC(=O)C(C)C.[Zr]. The van der Waals surface area contributed by atoms with Crippen LogP contribution in [0.5, 0.6) is 0 Å². The first-order valence-corrected chi connectivity index (χ1v) is 8.03. The van der Waals surface area contributed by atoms with Crippen molar-refractivity contribution in [2.24, 2.45) is 11.8 Å². The standard InChI is InChI=1S/2C8H16O3.Zr/c2*1-4-5-6-10-11-8(9)7(2)3;/h2*7H,4-6H2,1-3H3;. The first-order chi connectivity index (χ1) is 10.4. The van der Waals surface area contributed by atoms with Crippen molar-refractivity contribution in [1.29, 1.82) is 0 Å². The average Bonchev–Trinajstić information content (AvgIpc) is 2.48. The minimum Gasteiger partial charge on any atom is -0.298 e. The third-order valence-electron chi connectivity index (χ3n) is 2.39. The molecule has 136 valence electrons. The molecule has 0 unspecified atom stereocenters. The molecule has 0 aromatic heterocycles. The van der Waals surface area contributed by atoms with Gasteiger partial charge in [0.25, 0.3) is 0 Å². The molecular formula is C16H32O6Zr. The van der Waals surface area contributed by atoms with Gasteiger partial charge in [-0.1, -0.05) is 54.4 Å². The molecule has 23 heavy (non-hydrogen) atoms. The number of unbranched alkanes of at least 4 members (excludes halogenated alkanes) is 2. The van der Waals surface area contributed by atoms with E-state index >= 15 is 0 Å². The maximum Gasteiger partial charge on any atom is 0.344 e. The van der Waals surface area contributed by atoms with Gasteiger partial charge in [-0.3, -0.25) is 9.78 Å². The fourth-order valence-corrected chi connectivity index (χ4v) is 0.798. The van der Waals surface area contributed by atoms with E-state index in [-0.39, 0.29) is 50.0 Å². The van der Waals surface area contributed by atoms with Crippen LogP contribution in [-0.2, 0) is 55.3 Å². The summed E-state index contributed by atoms with van der Waals surface area (Å²) in [6.07, 6.45) is 3.93. The Morgan fingerprint density at radius 3 is 1.26 bits per heavy atom. The smallest absolute Gasteiger partial charge is 0.298 e. The van der Waals surface area contributed by atoms with Crippen LogP contribution in [0, 0.1) is 11.8 Å². The van der Waals surface area contributed by atoms with E-state index in [1.54, 1.807) is 27.7 Å². The summed E-state index contributed by atoms with van der Waals surface area (Å²) in [6, 6.07) is 0. The summed E-state index contributed by atoms with van der Waals surface area (Å²) < 4.78 is 0. The second-order valence-corrected chi connectivity index (χ2v) is 5.47. The van der Waals surface area contributed by atoms with Gasteiger partial charge in [-0.2, -0.15) is 9.78 Å². The van der Waals surface area contributed by atoms with Crippen molar-refractivity contribution >= 4 is 11.9 Å². The maximum atomic E-state index is 10.8. The number of hydrogen-bond donors (Lipinski definition) is 0. The van der Waals surface area contributed by atoms with E-state index in [0.29, 0.717) is 13.2 Å². The van der Waals surface area contributed by atoms with Crippen LogP contribution < -0.4 is 0 Å². The zero-order valence-corrected chi connectivity index (χ0v) is 17.8. The van der Waals surface area contributed by atoms with Gasteiger partial charge in [-0.25, -0.2) is 9.59 Å². The number of carbonyl (C=O) groups excluding carboxylic acids is 2. The molecule has 0 fully saturated rings. The summed E-state index contributed by atoms with van der Waals surface area (Å²) in [6.45, 7) is 12.2. The molecule has 0 aromatic carbocycles. The fourth-order valence-electron chi connectivity index (χ4n) is 0.798. The molecule has 0 saturated carbocycles. The first-order valence-electron chi connectivity index (χ1n) is 8.03. The van der Waals surface area contributed by atoms with Crippen molar-refractivity contribution in [2.45, 2.75) is 67.2 Å². The average molecular weight is 412 g/mol. The second-order valence-electron chi connectivity index (χ2n) is 5.47. The van der Waals surface area contributed by atoms with E-state index in [9.17, 15) is 9.59 Å². The Kier molecular flexibility index (Phi) is 23.7. The zero-order chi connectivity index (χ0) is 17.4. The molecular weight excluding hydrogens is 379 g/mol. The van der Waals surface area contributed by atoms with Crippen LogP contribution >= 0.6 is 0 Å². The van der Waals surface area contributed by atoms with Crippen LogP contribution in [0.1, 0.15) is 67.2 Å². The molecule has 0 aliphatic carbocycles. The summed E-state index contributed by atoms with van der Waals surface area (Å²) in [4.78, 5) is 39.7. The van der Waals surface area contributed by atoms with Gasteiger partial charge in [0.1, 0.15) is 0 Å². The summed E-state index contributed by atoms with van der Waals surface area (Å²) in [5, 5.41) is 0. The molecule has 0 rings (SSSR count). The monoisotopic (exact) mass is 410 g/mol. The van der Waals surface area contributed by atoms with Gasteiger partial charge in [0.2, 0.25) is 0 Å². The van der Waals surface area contributed by atoms with Crippen molar-refractivity contribution in [3.05, 3.63) is 0 Å². The fraction of sp³-hybridized carbons (Fsp3) is 0.875. The minimum atomic E-state index is -0.305. The molecule has 0 aromatic rings. The Hall–Kier alpha value is -0.257. The van der Waals surface area contributed by atoms with E-state index in [0.717, 1.165) is 25.7 Å². The van der Waals surface area contributed by atoms with Crippen LogP contribution in [0.3, 0.4) is 0 Å². The second kappa shape index (κ2) is 19.8. The molecule has 7 heteroatoms. The van der Waals surface area contributed by atoms with Crippen LogP contribution in [0.25, 0.3) is 0 Å². The predicted octanol–water partition coefficient (Wildman–Crippen LogP) is 3.83. The van der Waals surface area contributed by atoms with Gasteiger partial charge >= 0.3 is 11.9 Å². The van der Waals surface area contributed by atoms with Gasteiger partial charge in [0, 0.05) is 26.2 Å². The summed E-state index contributed by atoms with van der Waals surface area (Å²) >= 11 is 0. The van der Waals surface area contributed by atoms with Crippen LogP contribution in [0.2, 0.25) is 0 Å². The molecule has 0 N–H and O–H groups in total. The van der Waals surface area contributed by atoms with Gasteiger partial charge in [-0.05, 0) is 12.8 Å². The van der Waals surface area contributed by atoms with Crippen LogP contribution in [0.15, 0.2) is 0 Å². The van der Waals surface area contributed by atoms with E-state index in [1.807, 2.05) is 13.8 Å². The van der Waals surface area contributed by atoms with Crippen LogP contribution in [-0.4, -0.2) is 25.2 Å². The van der Waals surface area contributed by atoms with Gasteiger partial charge in [0.15, 0.2) is 0 Å². The van der Waals surface area contributed by atoms with Crippen molar-refractivity contribution in [1.82, 2.24) is 0 Å². The molecule has 0 bridgehead atoms. The third-order valence-corrected chi connectivity index (χ3v) is 2.39. The number of hydrogen-bond acceptors (Lipinski definition) is 6. The Balaban J connectivity index is -0.000000333. The normalized spacial score (nSPS) is 9.74. The molecule has 0 aliphatic rings. The van der Waals surface area contributed by atoms with Crippen LogP contribution in [0.4, 0.5) is 0 Å². The van der Waals surface area contributed by atoms with E-state index < -0.39 is 0 Å². The molecule has 6 nitrogen and oxygen atoms in total. The van der Waals surface area contributed by atoms with Gasteiger partial charge in [0.05, 0.1) is 25.0 Å². The Morgan fingerprint density at radius 2 is 1.04 bits per heavy atom. The van der Waals surface area contributed by atoms with E-state index in [4.69, 9.17) is 0 Å². The molecule has 0 aliphatic heterocycles. The van der Waals surface area contributed by atoms with Crippen molar-refractivity contribution in [3.8, 4) is 0 Å². The summed E-state index contributed by atoms with van der Waals surface area (Å²) in [7, 11) is 0. The van der Waals surface area contributed by atoms with Gasteiger partial charge in [-0.15, -0.1) is 0 Å². The number of rotatable bonds is 10. The quantitative estimate of drug-likeness (QED) is 0.309. The molecule has 0 saturated heterocycles. The first kappa shape index (κ1) is 27.6. The largest absolute Gasteiger partial charge is 0.344 e. The van der Waals surface area contributed by atoms with Gasteiger partial charge < -0.3 is 0 Å². The molecule has 0 amide bonds. The Bertz CT molecular complexity index is 254. The predicted molar refractivity (Wildman–Crippen MR) is 83.6 cm³/mol. The van der Waals surface area contributed by atoms with Crippen molar-refractivity contribution in [2.75, 3.05) is 13.2 Å². The zero-order valence-electron chi connectivity index (χ0n) is 15.3. The van der Waals surface area contributed by atoms with Crippen molar-refractivity contribution < 1.29 is 55.3 Å². The molecule has 0 radical (unpaired) electrons. The van der Waals surface area contributed by atoms with E-state index in [1.165, 1.54) is 0 Å². The number of carbonyl (C=O) groups is 2. The maximum absolute atomic E-state index is 10.8.